The fourth-order valence-electron chi connectivity index (χ4n) is 0.439. The Morgan fingerprint density at radius 3 is 2.60 bits per heavy atom. The molecule has 0 aromatic heterocycles. The van der Waals surface area contributed by atoms with Gasteiger partial charge in [-0.25, -0.2) is 0 Å². The van der Waals surface area contributed by atoms with Crippen LogP contribution in [-0.4, -0.2) is 15.5 Å². The van der Waals surface area contributed by atoms with E-state index in [2.05, 4.69) is 10.1 Å². The Morgan fingerprint density at radius 2 is 2.40 bits per heavy atom. The summed E-state index contributed by atoms with van der Waals surface area (Å²) in [4.78, 5) is 4.13. The molecular weight excluding hydrogens is 185 g/mol. The molecule has 1 aliphatic rings. The molecule has 0 saturated carbocycles. The molecule has 10 heavy (non-hydrogen) atoms. The van der Waals surface area contributed by atoms with E-state index in [4.69, 9.17) is 28.4 Å². The van der Waals surface area contributed by atoms with Gasteiger partial charge in [0, 0.05) is 0 Å². The number of nitrogens with one attached hydrogen (secondary N) is 2. The molecule has 6 nitrogen and oxygen atoms in total. The molecule has 0 spiro atoms. The molecule has 8 heteroatoms. The van der Waals surface area contributed by atoms with Crippen molar-refractivity contribution < 1.29 is 15.4 Å². The summed E-state index contributed by atoms with van der Waals surface area (Å²) in [5, 5.41) is 20.3. The summed E-state index contributed by atoms with van der Waals surface area (Å²) >= 11 is 10.7. The summed E-state index contributed by atoms with van der Waals surface area (Å²) in [6.07, 6.45) is 0. The van der Waals surface area contributed by atoms with E-state index in [1.54, 1.807) is 0 Å². The van der Waals surface area contributed by atoms with Gasteiger partial charge in [-0.2, -0.15) is 5.23 Å². The van der Waals surface area contributed by atoms with Crippen molar-refractivity contribution in [1.82, 2.24) is 5.48 Å². The minimum atomic E-state index is -1.74. The Hall–Kier alpha value is -0.110. The van der Waals surface area contributed by atoms with E-state index in [0.717, 1.165) is 0 Å². The third-order valence-electron chi connectivity index (χ3n) is 0.863. The van der Waals surface area contributed by atoms with Gasteiger partial charge < -0.3 is 10.4 Å². The predicted molar refractivity (Wildman–Crippen MR) is 32.2 cm³/mol. The molecule has 1 fully saturated rings. The normalized spacial score (nSPS) is 35.1. The lowest BCUT2D eigenvalue weighted by atomic mass is 10.6. The molecule has 1 atom stereocenters. The zero-order valence-electron chi connectivity index (χ0n) is 4.47. The lowest BCUT2D eigenvalue weighted by molar-refractivity contribution is -0.976. The number of rotatable bonds is 0. The summed E-state index contributed by atoms with van der Waals surface area (Å²) in [6, 6.07) is 0. The summed E-state index contributed by atoms with van der Waals surface area (Å²) in [5.41, 5.74) is 1.94. The van der Waals surface area contributed by atoms with Crippen molar-refractivity contribution >= 4 is 29.0 Å². The lowest BCUT2D eigenvalue weighted by Crippen LogP contribution is -3.07. The first kappa shape index (κ1) is 7.99. The zero-order chi connectivity index (χ0) is 7.78. The molecule has 0 aromatic rings. The van der Waals surface area contributed by atoms with Crippen LogP contribution >= 0.6 is 23.2 Å². The Balaban J connectivity index is 2.84. The molecule has 0 bridgehead atoms. The minimum absolute atomic E-state index is 0.476. The van der Waals surface area contributed by atoms with Gasteiger partial charge >= 0.3 is 5.84 Å². The highest BCUT2D eigenvalue weighted by Crippen LogP contribution is 2.18. The smallest absolute Gasteiger partial charge is 0.324 e. The molecule has 1 heterocycles. The first-order chi connectivity index (χ1) is 4.58. The molecule has 0 aliphatic carbocycles. The van der Waals surface area contributed by atoms with Gasteiger partial charge in [0.15, 0.2) is 0 Å². The average Bonchev–Trinajstić information content (AvgIpc) is 2.07. The van der Waals surface area contributed by atoms with E-state index in [1.807, 2.05) is 5.48 Å². The van der Waals surface area contributed by atoms with Crippen LogP contribution in [0, 0.1) is 5.21 Å². The highest BCUT2D eigenvalue weighted by molar-refractivity contribution is 6.57. The van der Waals surface area contributed by atoms with Gasteiger partial charge in [0.1, 0.15) is 0 Å². The highest BCUT2D eigenvalue weighted by Gasteiger charge is 2.46. The Morgan fingerprint density at radius 1 is 1.80 bits per heavy atom. The predicted octanol–water partition coefficient (Wildman–Crippen LogP) is -1.26. The quantitative estimate of drug-likeness (QED) is 0.146. The number of quaternary nitrogens is 1. The monoisotopic (exact) mass is 187 g/mol. The molecule has 1 unspecified atom stereocenters. The van der Waals surface area contributed by atoms with Crippen LogP contribution in [0.2, 0.25) is 0 Å². The van der Waals surface area contributed by atoms with Crippen LogP contribution < -0.4 is 10.7 Å². The first-order valence-corrected chi connectivity index (χ1v) is 2.92. The van der Waals surface area contributed by atoms with Crippen molar-refractivity contribution in [2.75, 3.05) is 0 Å². The van der Waals surface area contributed by atoms with E-state index in [0.29, 0.717) is 0 Å². The van der Waals surface area contributed by atoms with Gasteiger partial charge in [-0.1, -0.05) is 33.6 Å². The Kier molecular flexibility index (Phi) is 1.99. The third kappa shape index (κ3) is 1.17. The Labute approximate surface area is 65.4 Å². The van der Waals surface area contributed by atoms with Crippen LogP contribution in [0.5, 0.6) is 0 Å². The van der Waals surface area contributed by atoms with Crippen molar-refractivity contribution in [3.8, 4) is 0 Å². The first-order valence-electron chi connectivity index (χ1n) is 2.16. The molecule has 58 valence electrons. The molecule has 3 N–H and O–H groups in total. The van der Waals surface area contributed by atoms with Crippen LogP contribution in [0.4, 0.5) is 0 Å². The van der Waals surface area contributed by atoms with Gasteiger partial charge in [-0.15, -0.1) is 0 Å². The second-order valence-electron chi connectivity index (χ2n) is 1.51. The van der Waals surface area contributed by atoms with Crippen molar-refractivity contribution in [2.45, 2.75) is 4.46 Å². The van der Waals surface area contributed by atoms with E-state index < -0.39 is 15.5 Å². The third-order valence-corrected chi connectivity index (χ3v) is 1.37. The van der Waals surface area contributed by atoms with E-state index in [1.165, 1.54) is 0 Å². The molecule has 0 aromatic carbocycles. The number of alkyl halides is 2. The van der Waals surface area contributed by atoms with Crippen LogP contribution in [0.25, 0.3) is 0 Å². The van der Waals surface area contributed by atoms with Gasteiger partial charge in [0.05, 0.1) is 0 Å². The van der Waals surface area contributed by atoms with Crippen LogP contribution in [0.15, 0.2) is 5.16 Å². The fraction of sp³-hybridized carbons (Fsp3) is 0.500. The molecule has 0 radical (unpaired) electrons. The van der Waals surface area contributed by atoms with Crippen LogP contribution in [0.1, 0.15) is 0 Å². The van der Waals surface area contributed by atoms with Crippen LogP contribution in [-0.2, 0) is 4.94 Å². The number of hydroxylamine groups is 3. The van der Waals surface area contributed by atoms with E-state index >= 15 is 0 Å². The number of halogens is 2. The fourth-order valence-corrected chi connectivity index (χ4v) is 0.746. The number of nitrogens with zero attached hydrogens (tertiary/aromatic N) is 1. The van der Waals surface area contributed by atoms with Crippen molar-refractivity contribution in [3.63, 3.8) is 0 Å². The maximum atomic E-state index is 10.5. The molecule has 1 rings (SSSR count). The summed E-state index contributed by atoms with van der Waals surface area (Å²) in [5.74, 6) is -0.476. The second kappa shape index (κ2) is 2.50. The summed E-state index contributed by atoms with van der Waals surface area (Å²) < 4.78 is -1.74. The molecule has 1 aliphatic heterocycles. The summed E-state index contributed by atoms with van der Waals surface area (Å²) in [6.45, 7) is 0. The zero-order valence-corrected chi connectivity index (χ0v) is 5.98. The number of amidine groups is 1. The SMILES string of the molecule is [O-][NH+]1ONC(Cl)(Cl)C1=NO. The van der Waals surface area contributed by atoms with E-state index in [-0.39, 0.29) is 0 Å². The number of oxime groups is 1. The topological polar surface area (TPSA) is 81.4 Å². The molecule has 0 amide bonds. The minimum Gasteiger partial charge on any atom is -0.592 e. The molecule has 1 saturated heterocycles. The van der Waals surface area contributed by atoms with Crippen molar-refractivity contribution in [3.05, 3.63) is 5.21 Å². The molecular formula is C2H3Cl2N3O3. The highest BCUT2D eigenvalue weighted by atomic mass is 35.5. The standard InChI is InChI=1S/C2H3Cl2N3O3/c3-2(4)1(5-8)7(9)10-6-2/h6-8H. The van der Waals surface area contributed by atoms with Gasteiger partial charge in [-0.05, 0) is 5.16 Å². The maximum absolute atomic E-state index is 10.5. The van der Waals surface area contributed by atoms with Crippen molar-refractivity contribution in [1.29, 1.82) is 0 Å². The number of hydrogen-bond donors (Lipinski definition) is 3. The van der Waals surface area contributed by atoms with Gasteiger partial charge in [0.2, 0.25) is 0 Å². The Bertz CT molecular complexity index is 171. The van der Waals surface area contributed by atoms with E-state index in [9.17, 15) is 5.21 Å². The second-order valence-corrected chi connectivity index (χ2v) is 2.84. The lowest BCUT2D eigenvalue weighted by Gasteiger charge is -2.08. The van der Waals surface area contributed by atoms with Gasteiger partial charge in [0.25, 0.3) is 4.46 Å². The summed E-state index contributed by atoms with van der Waals surface area (Å²) in [7, 11) is 0. The average molecular weight is 188 g/mol. The largest absolute Gasteiger partial charge is 0.592 e. The maximum Gasteiger partial charge on any atom is 0.324 e. The van der Waals surface area contributed by atoms with Crippen molar-refractivity contribution in [2.24, 2.45) is 5.16 Å². The van der Waals surface area contributed by atoms with Crippen LogP contribution in [0.3, 0.4) is 0 Å². The number of hydrogen-bond acceptors (Lipinski definition) is 5. The van der Waals surface area contributed by atoms with Gasteiger partial charge in [-0.3, -0.25) is 0 Å².